The number of H-pyrrole nitrogens is 2. The average Bonchev–Trinajstić information content (AvgIpc) is 2.47. The Balaban J connectivity index is 2.56. The van der Waals surface area contributed by atoms with Crippen LogP contribution in [-0.4, -0.2) is 34.8 Å². The SMILES string of the molecule is CN[C@@H](CO)Cc1c[nH]c(=S)[nH]1. The number of aromatic amines is 2. The van der Waals surface area contributed by atoms with Crippen molar-refractivity contribution in [2.75, 3.05) is 13.7 Å². The van der Waals surface area contributed by atoms with Crippen LogP contribution in [0.3, 0.4) is 0 Å². The Labute approximate surface area is 76.0 Å². The molecule has 0 aromatic carbocycles. The summed E-state index contributed by atoms with van der Waals surface area (Å²) in [6.07, 6.45) is 2.57. The lowest BCUT2D eigenvalue weighted by Crippen LogP contribution is -2.31. The summed E-state index contributed by atoms with van der Waals surface area (Å²) < 4.78 is 0.623. The summed E-state index contributed by atoms with van der Waals surface area (Å²) in [5.74, 6) is 0. The largest absolute Gasteiger partial charge is 0.395 e. The van der Waals surface area contributed by atoms with Gasteiger partial charge in [-0.25, -0.2) is 0 Å². The third kappa shape index (κ3) is 2.44. The molecule has 0 saturated carbocycles. The first kappa shape index (κ1) is 9.44. The Morgan fingerprint density at radius 3 is 2.92 bits per heavy atom. The van der Waals surface area contributed by atoms with Crippen LogP contribution in [0.5, 0.6) is 0 Å². The standard InChI is InChI=1S/C7H13N3OS/c1-8-6(4-11)2-5-3-9-7(12)10-5/h3,6,8,11H,2,4H2,1H3,(H2,9,10,12)/t6-/m1/s1. The fraction of sp³-hybridized carbons (Fsp3) is 0.571. The van der Waals surface area contributed by atoms with E-state index in [4.69, 9.17) is 17.3 Å². The highest BCUT2D eigenvalue weighted by molar-refractivity contribution is 7.71. The number of aliphatic hydroxyl groups is 1. The Bertz CT molecular complexity index is 276. The van der Waals surface area contributed by atoms with E-state index >= 15 is 0 Å². The summed E-state index contributed by atoms with van der Waals surface area (Å²) in [7, 11) is 1.82. The normalized spacial score (nSPS) is 13.2. The second-order valence-corrected chi connectivity index (χ2v) is 3.05. The first-order chi connectivity index (χ1) is 5.76. The van der Waals surface area contributed by atoms with Crippen molar-refractivity contribution < 1.29 is 5.11 Å². The van der Waals surface area contributed by atoms with Crippen molar-refractivity contribution >= 4 is 12.2 Å². The number of likely N-dealkylation sites (N-methyl/N-ethyl adjacent to an activating group) is 1. The van der Waals surface area contributed by atoms with Gasteiger partial charge in [-0.15, -0.1) is 0 Å². The zero-order chi connectivity index (χ0) is 8.97. The highest BCUT2D eigenvalue weighted by Crippen LogP contribution is 1.97. The molecule has 1 atom stereocenters. The van der Waals surface area contributed by atoms with Crippen molar-refractivity contribution in [2.45, 2.75) is 12.5 Å². The second-order valence-electron chi connectivity index (χ2n) is 2.64. The lowest BCUT2D eigenvalue weighted by atomic mass is 10.2. The van der Waals surface area contributed by atoms with Crippen molar-refractivity contribution in [3.05, 3.63) is 16.7 Å². The van der Waals surface area contributed by atoms with E-state index in [0.29, 0.717) is 4.77 Å². The van der Waals surface area contributed by atoms with Gasteiger partial charge in [-0.1, -0.05) is 0 Å². The van der Waals surface area contributed by atoms with Gasteiger partial charge in [0, 0.05) is 24.4 Å². The van der Waals surface area contributed by atoms with Gasteiger partial charge in [0.1, 0.15) is 0 Å². The summed E-state index contributed by atoms with van der Waals surface area (Å²) in [5, 5.41) is 11.9. The van der Waals surface area contributed by atoms with Gasteiger partial charge < -0.3 is 20.4 Å². The van der Waals surface area contributed by atoms with Gasteiger partial charge in [-0.3, -0.25) is 0 Å². The van der Waals surface area contributed by atoms with Gasteiger partial charge in [0.2, 0.25) is 0 Å². The smallest absolute Gasteiger partial charge is 0.174 e. The van der Waals surface area contributed by atoms with E-state index < -0.39 is 0 Å². The van der Waals surface area contributed by atoms with Crippen LogP contribution in [0.2, 0.25) is 0 Å². The minimum absolute atomic E-state index is 0.0893. The van der Waals surface area contributed by atoms with Crippen molar-refractivity contribution in [1.29, 1.82) is 0 Å². The summed E-state index contributed by atoms with van der Waals surface area (Å²) in [5.41, 5.74) is 1.01. The fourth-order valence-corrected chi connectivity index (χ4v) is 1.19. The third-order valence-corrected chi connectivity index (χ3v) is 1.97. The van der Waals surface area contributed by atoms with Crippen molar-refractivity contribution in [1.82, 2.24) is 15.3 Å². The van der Waals surface area contributed by atoms with E-state index in [2.05, 4.69) is 15.3 Å². The first-order valence-electron chi connectivity index (χ1n) is 3.81. The van der Waals surface area contributed by atoms with E-state index in [1.807, 2.05) is 13.2 Å². The summed E-state index contributed by atoms with van der Waals surface area (Å²) >= 11 is 4.86. The second kappa shape index (κ2) is 4.39. The highest BCUT2D eigenvalue weighted by Gasteiger charge is 2.05. The molecule has 0 aliphatic heterocycles. The maximum Gasteiger partial charge on any atom is 0.174 e. The zero-order valence-corrected chi connectivity index (χ0v) is 7.74. The van der Waals surface area contributed by atoms with Crippen LogP contribution in [-0.2, 0) is 6.42 Å². The molecule has 0 spiro atoms. The quantitative estimate of drug-likeness (QED) is 0.509. The summed E-state index contributed by atoms with van der Waals surface area (Å²) in [6, 6.07) is 0.0893. The molecule has 4 N–H and O–H groups in total. The molecule has 5 heteroatoms. The third-order valence-electron chi connectivity index (χ3n) is 1.75. The van der Waals surface area contributed by atoms with Crippen LogP contribution in [0.1, 0.15) is 5.69 Å². The van der Waals surface area contributed by atoms with Gasteiger partial charge in [0.25, 0.3) is 0 Å². The molecule has 1 aromatic heterocycles. The number of imidazole rings is 1. The van der Waals surface area contributed by atoms with Gasteiger partial charge in [-0.05, 0) is 19.3 Å². The summed E-state index contributed by atoms with van der Waals surface area (Å²) in [6.45, 7) is 0.127. The van der Waals surface area contributed by atoms with Crippen LogP contribution < -0.4 is 5.32 Å². The predicted octanol–water partition coefficient (Wildman–Crippen LogP) is 0.195. The van der Waals surface area contributed by atoms with Crippen molar-refractivity contribution in [3.63, 3.8) is 0 Å². The van der Waals surface area contributed by atoms with E-state index in [1.54, 1.807) is 0 Å². The van der Waals surface area contributed by atoms with Crippen LogP contribution in [0.15, 0.2) is 6.20 Å². The first-order valence-corrected chi connectivity index (χ1v) is 4.21. The number of hydrogen-bond donors (Lipinski definition) is 4. The number of aromatic nitrogens is 2. The highest BCUT2D eigenvalue weighted by atomic mass is 32.1. The minimum atomic E-state index is 0.0893. The van der Waals surface area contributed by atoms with E-state index in [0.717, 1.165) is 12.1 Å². The predicted molar refractivity (Wildman–Crippen MR) is 49.6 cm³/mol. The van der Waals surface area contributed by atoms with E-state index in [1.165, 1.54) is 0 Å². The van der Waals surface area contributed by atoms with Crippen molar-refractivity contribution in [2.24, 2.45) is 0 Å². The molecule has 1 rings (SSSR count). The number of hydrogen-bond acceptors (Lipinski definition) is 3. The molecule has 1 aromatic rings. The lowest BCUT2D eigenvalue weighted by molar-refractivity contribution is 0.247. The average molecular weight is 187 g/mol. The Morgan fingerprint density at radius 2 is 2.50 bits per heavy atom. The van der Waals surface area contributed by atoms with Crippen LogP contribution in [0, 0.1) is 4.77 Å². The molecule has 0 aliphatic carbocycles. The summed E-state index contributed by atoms with van der Waals surface area (Å²) in [4.78, 5) is 5.86. The van der Waals surface area contributed by atoms with E-state index in [-0.39, 0.29) is 12.6 Å². The van der Waals surface area contributed by atoms with Gasteiger partial charge in [0.15, 0.2) is 4.77 Å². The number of aliphatic hydroxyl groups excluding tert-OH is 1. The molecule has 0 saturated heterocycles. The Kier molecular flexibility index (Phi) is 3.46. The lowest BCUT2D eigenvalue weighted by Gasteiger charge is -2.10. The van der Waals surface area contributed by atoms with Crippen LogP contribution >= 0.6 is 12.2 Å². The van der Waals surface area contributed by atoms with E-state index in [9.17, 15) is 0 Å². The monoisotopic (exact) mass is 187 g/mol. The molecule has 0 aliphatic rings. The molecule has 0 fully saturated rings. The van der Waals surface area contributed by atoms with Crippen LogP contribution in [0.4, 0.5) is 0 Å². The fourth-order valence-electron chi connectivity index (χ4n) is 1.00. The van der Waals surface area contributed by atoms with Crippen LogP contribution in [0.25, 0.3) is 0 Å². The maximum atomic E-state index is 8.88. The molecule has 1 heterocycles. The van der Waals surface area contributed by atoms with Gasteiger partial charge in [-0.2, -0.15) is 0 Å². The molecule has 0 unspecified atom stereocenters. The molecule has 0 radical (unpaired) electrons. The van der Waals surface area contributed by atoms with Gasteiger partial charge >= 0.3 is 0 Å². The molecule has 0 bridgehead atoms. The minimum Gasteiger partial charge on any atom is -0.395 e. The molecule has 0 amide bonds. The molecule has 68 valence electrons. The number of nitrogens with one attached hydrogen (secondary N) is 3. The Hall–Kier alpha value is -0.650. The topological polar surface area (TPSA) is 63.8 Å². The van der Waals surface area contributed by atoms with Crippen molar-refractivity contribution in [3.8, 4) is 0 Å². The molecule has 12 heavy (non-hydrogen) atoms. The number of rotatable bonds is 4. The molecular formula is C7H13N3OS. The molecular weight excluding hydrogens is 174 g/mol. The maximum absolute atomic E-state index is 8.88. The molecule has 4 nitrogen and oxygen atoms in total. The van der Waals surface area contributed by atoms with Gasteiger partial charge in [0.05, 0.1) is 6.61 Å². The Morgan fingerprint density at radius 1 is 1.75 bits per heavy atom. The zero-order valence-electron chi connectivity index (χ0n) is 6.92.